The molecule has 7 N–H and O–H groups in total. The first kappa shape index (κ1) is 42.2. The Kier molecular flexibility index (Phi) is 36.7. The van der Waals surface area contributed by atoms with E-state index >= 15 is 0 Å². The van der Waals surface area contributed by atoms with Gasteiger partial charge in [0, 0.05) is 39.1 Å². The lowest BCUT2D eigenvalue weighted by Crippen LogP contribution is -2.43. The first-order valence-electron chi connectivity index (χ1n) is 18.7. The zero-order chi connectivity index (χ0) is 31.3. The predicted octanol–water partition coefficient (Wildman–Crippen LogP) is 5.44. The van der Waals surface area contributed by atoms with Gasteiger partial charge in [-0.3, -0.25) is 4.79 Å². The van der Waals surface area contributed by atoms with Crippen molar-refractivity contribution in [2.24, 2.45) is 0 Å². The van der Waals surface area contributed by atoms with Crippen LogP contribution in [0.1, 0.15) is 142 Å². The Morgan fingerprint density at radius 1 is 0.465 bits per heavy atom. The fourth-order valence-corrected chi connectivity index (χ4v) is 5.35. The fraction of sp³-hybridized carbons (Fsp3) is 0.971. The summed E-state index contributed by atoms with van der Waals surface area (Å²) in [6.45, 7) is 11.6. The van der Waals surface area contributed by atoms with Crippen molar-refractivity contribution in [3.8, 4) is 0 Å². The molecule has 0 aliphatic rings. The summed E-state index contributed by atoms with van der Waals surface area (Å²) in [5.41, 5.74) is 0. The van der Waals surface area contributed by atoms with Crippen molar-refractivity contribution in [1.82, 2.24) is 37.2 Å². The van der Waals surface area contributed by atoms with Crippen molar-refractivity contribution in [2.75, 3.05) is 73.0 Å². The quantitative estimate of drug-likeness (QED) is 0.0371. The van der Waals surface area contributed by atoms with Gasteiger partial charge in [0.15, 0.2) is 0 Å². The van der Waals surface area contributed by atoms with Crippen LogP contribution in [0.5, 0.6) is 0 Å². The van der Waals surface area contributed by atoms with Crippen molar-refractivity contribution >= 4 is 5.91 Å². The maximum atomic E-state index is 12.2. The maximum absolute atomic E-state index is 12.2. The summed E-state index contributed by atoms with van der Waals surface area (Å²) in [5.74, 6) is 0.249. The standard InChI is InChI=1S/C35H77N7O/c1-4-5-6-7-8-9-10-11-12-13-17-24-35(43)42-29-18-15-14-16-23-34(40-27-21-19-25-38-32-30-36-2)41-28-22-20-26-39-33-31-37-3/h34,36-41H,4-33H2,1-3H3,(H,42,43). The Hall–Kier alpha value is -0.770. The number of carbonyl (C=O) groups is 1. The molecule has 43 heavy (non-hydrogen) atoms. The highest BCUT2D eigenvalue weighted by atomic mass is 16.1. The molecule has 0 atom stereocenters. The molecule has 0 unspecified atom stereocenters. The van der Waals surface area contributed by atoms with Crippen LogP contribution in [0, 0.1) is 0 Å². The fourth-order valence-electron chi connectivity index (χ4n) is 5.35. The minimum absolute atomic E-state index is 0.249. The largest absolute Gasteiger partial charge is 0.356 e. The van der Waals surface area contributed by atoms with Gasteiger partial charge >= 0.3 is 0 Å². The van der Waals surface area contributed by atoms with Gasteiger partial charge in [-0.2, -0.15) is 0 Å². The molecule has 0 aromatic heterocycles. The van der Waals surface area contributed by atoms with E-state index in [1.807, 2.05) is 14.1 Å². The van der Waals surface area contributed by atoms with Gasteiger partial charge in [-0.15, -0.1) is 0 Å². The van der Waals surface area contributed by atoms with Gasteiger partial charge in [0.2, 0.25) is 5.91 Å². The lowest BCUT2D eigenvalue weighted by Gasteiger charge is -2.21. The summed E-state index contributed by atoms with van der Waals surface area (Å²) in [7, 11) is 4.00. The molecule has 0 aliphatic carbocycles. The summed E-state index contributed by atoms with van der Waals surface area (Å²) in [6, 6.07) is 0. The molecule has 8 heteroatoms. The molecular weight excluding hydrogens is 534 g/mol. The van der Waals surface area contributed by atoms with Crippen LogP contribution in [-0.4, -0.2) is 85.1 Å². The van der Waals surface area contributed by atoms with Gasteiger partial charge in [-0.05, 0) is 85.2 Å². The van der Waals surface area contributed by atoms with E-state index in [4.69, 9.17) is 0 Å². The van der Waals surface area contributed by atoms with Gasteiger partial charge in [0.05, 0.1) is 6.17 Å². The van der Waals surface area contributed by atoms with Crippen LogP contribution < -0.4 is 37.2 Å². The van der Waals surface area contributed by atoms with Crippen LogP contribution in [0.25, 0.3) is 0 Å². The number of hydrogen-bond acceptors (Lipinski definition) is 7. The van der Waals surface area contributed by atoms with E-state index in [0.717, 1.165) is 71.7 Å². The average Bonchev–Trinajstić information content (AvgIpc) is 3.01. The monoisotopic (exact) mass is 612 g/mol. The molecule has 0 radical (unpaired) electrons. The number of hydrogen-bond donors (Lipinski definition) is 7. The van der Waals surface area contributed by atoms with Crippen molar-refractivity contribution < 1.29 is 4.79 Å². The topological polar surface area (TPSA) is 101 Å². The third-order valence-corrected chi connectivity index (χ3v) is 8.19. The van der Waals surface area contributed by atoms with E-state index in [9.17, 15) is 4.79 Å². The third-order valence-electron chi connectivity index (χ3n) is 8.19. The van der Waals surface area contributed by atoms with Crippen LogP contribution >= 0.6 is 0 Å². The van der Waals surface area contributed by atoms with Gasteiger partial charge in [-0.25, -0.2) is 0 Å². The van der Waals surface area contributed by atoms with E-state index in [1.165, 1.54) is 116 Å². The molecule has 0 aromatic carbocycles. The van der Waals surface area contributed by atoms with Gasteiger partial charge < -0.3 is 37.2 Å². The van der Waals surface area contributed by atoms with E-state index in [-0.39, 0.29) is 5.91 Å². The highest BCUT2D eigenvalue weighted by Gasteiger charge is 2.07. The second-order valence-electron chi connectivity index (χ2n) is 12.4. The maximum Gasteiger partial charge on any atom is 0.219 e. The first-order chi connectivity index (χ1) is 21.2. The normalized spacial score (nSPS) is 11.5. The first-order valence-corrected chi connectivity index (χ1v) is 18.7. The summed E-state index contributed by atoms with van der Waals surface area (Å²) in [4.78, 5) is 12.2. The van der Waals surface area contributed by atoms with Crippen molar-refractivity contribution in [3.63, 3.8) is 0 Å². The number of amides is 1. The minimum atomic E-state index is 0.249. The van der Waals surface area contributed by atoms with Gasteiger partial charge in [0.25, 0.3) is 0 Å². The molecule has 0 rings (SSSR count). The molecule has 0 saturated carbocycles. The Labute approximate surface area is 268 Å². The molecule has 8 nitrogen and oxygen atoms in total. The van der Waals surface area contributed by atoms with E-state index in [1.54, 1.807) is 0 Å². The molecule has 0 bridgehead atoms. The number of carbonyl (C=O) groups excluding carboxylic acids is 1. The van der Waals surface area contributed by atoms with Gasteiger partial charge in [0.1, 0.15) is 0 Å². The zero-order valence-corrected chi connectivity index (χ0v) is 29.2. The van der Waals surface area contributed by atoms with Crippen molar-refractivity contribution in [2.45, 2.75) is 148 Å². The minimum Gasteiger partial charge on any atom is -0.356 e. The van der Waals surface area contributed by atoms with Gasteiger partial charge in [-0.1, -0.05) is 90.4 Å². The molecule has 0 saturated heterocycles. The molecule has 0 aliphatic heterocycles. The Balaban J connectivity index is 3.81. The lowest BCUT2D eigenvalue weighted by molar-refractivity contribution is -0.121. The molecule has 0 heterocycles. The summed E-state index contributed by atoms with van der Waals surface area (Å²) < 4.78 is 0. The SMILES string of the molecule is CCCCCCCCCCCCCC(=O)NCCCCCCC(NCCCCNCCNC)NCCCCNCCNC. The van der Waals surface area contributed by atoms with E-state index < -0.39 is 0 Å². The molecule has 0 aromatic rings. The number of rotatable bonds is 37. The van der Waals surface area contributed by atoms with Crippen LogP contribution in [0.4, 0.5) is 0 Å². The Morgan fingerprint density at radius 3 is 1.44 bits per heavy atom. The van der Waals surface area contributed by atoms with Crippen LogP contribution in [0.2, 0.25) is 0 Å². The van der Waals surface area contributed by atoms with Crippen LogP contribution in [0.3, 0.4) is 0 Å². The Bertz CT molecular complexity index is 518. The smallest absolute Gasteiger partial charge is 0.219 e. The summed E-state index contributed by atoms with van der Waals surface area (Å²) in [6.07, 6.45) is 26.5. The number of likely N-dealkylation sites (N-methyl/N-ethyl adjacent to an activating group) is 2. The molecular formula is C35H77N7O. The zero-order valence-electron chi connectivity index (χ0n) is 29.2. The second kappa shape index (κ2) is 37.4. The number of unbranched alkanes of at least 4 members (excludes halogenated alkanes) is 15. The lowest BCUT2D eigenvalue weighted by atomic mass is 10.1. The van der Waals surface area contributed by atoms with Crippen LogP contribution in [0.15, 0.2) is 0 Å². The molecule has 258 valence electrons. The summed E-state index contributed by atoms with van der Waals surface area (Å²) in [5, 5.41) is 24.0. The van der Waals surface area contributed by atoms with Crippen molar-refractivity contribution in [3.05, 3.63) is 0 Å². The summed E-state index contributed by atoms with van der Waals surface area (Å²) >= 11 is 0. The highest BCUT2D eigenvalue weighted by Crippen LogP contribution is 2.12. The molecule has 1 amide bonds. The molecule has 0 fully saturated rings. The van der Waals surface area contributed by atoms with Crippen LogP contribution in [-0.2, 0) is 4.79 Å². The highest BCUT2D eigenvalue weighted by molar-refractivity contribution is 5.75. The molecule has 0 spiro atoms. The van der Waals surface area contributed by atoms with E-state index in [2.05, 4.69) is 44.1 Å². The third kappa shape index (κ3) is 35.6. The Morgan fingerprint density at radius 2 is 0.907 bits per heavy atom. The number of nitrogens with one attached hydrogen (secondary N) is 7. The predicted molar refractivity (Wildman–Crippen MR) is 189 cm³/mol. The average molecular weight is 612 g/mol. The second-order valence-corrected chi connectivity index (χ2v) is 12.4. The van der Waals surface area contributed by atoms with E-state index in [0.29, 0.717) is 12.6 Å². The van der Waals surface area contributed by atoms with Crippen molar-refractivity contribution in [1.29, 1.82) is 0 Å².